The number of hydrogen-bond acceptors (Lipinski definition) is 22. The minimum Gasteiger partial charge on any atom is -0.480 e. The molecule has 17 atom stereocenters. The average Bonchev–Trinajstić information content (AvgIpc) is 1.71. The van der Waals surface area contributed by atoms with Crippen LogP contribution >= 0.6 is 0 Å². The van der Waals surface area contributed by atoms with Gasteiger partial charge in [-0.25, -0.2) is 4.79 Å². The van der Waals surface area contributed by atoms with Crippen LogP contribution in [0.5, 0.6) is 0 Å². The van der Waals surface area contributed by atoms with Gasteiger partial charge in [0.05, 0.1) is 18.7 Å². The Morgan fingerprint density at radius 1 is 0.398 bits per heavy atom. The number of benzene rings is 1. The van der Waals surface area contributed by atoms with Crippen LogP contribution in [0.2, 0.25) is 0 Å². The first kappa shape index (κ1) is 117. The highest BCUT2D eigenvalue weighted by molar-refractivity contribution is 6.01. The Balaban J connectivity index is 2.48. The molecule has 43 nitrogen and oxygen atoms in total. The fourth-order valence-electron chi connectivity index (χ4n) is 14.5. The lowest BCUT2D eigenvalue weighted by molar-refractivity contribution is -0.144. The minimum atomic E-state index is -1.78. The third-order valence-electron chi connectivity index (χ3n) is 22.8. The van der Waals surface area contributed by atoms with Crippen molar-refractivity contribution in [2.24, 2.45) is 74.7 Å². The molecule has 750 valence electrons. The van der Waals surface area contributed by atoms with E-state index in [1.165, 1.54) is 46.0 Å². The molecule has 133 heavy (non-hydrogen) atoms. The first-order chi connectivity index (χ1) is 62.7. The highest BCUT2D eigenvalue weighted by Crippen LogP contribution is 2.22. The Labute approximate surface area is 780 Å². The van der Waals surface area contributed by atoms with Gasteiger partial charge < -0.3 is 130 Å². The maximum atomic E-state index is 14.7. The Kier molecular flexibility index (Phi) is 55.4. The lowest BCUT2D eigenvalue weighted by Gasteiger charge is -2.30. The van der Waals surface area contributed by atoms with Crippen molar-refractivity contribution in [3.63, 3.8) is 0 Å². The van der Waals surface area contributed by atoms with Gasteiger partial charge in [-0.2, -0.15) is 0 Å². The van der Waals surface area contributed by atoms with E-state index < -0.39 is 247 Å². The monoisotopic (exact) mass is 1880 g/mol. The Morgan fingerprint density at radius 2 is 0.789 bits per heavy atom. The van der Waals surface area contributed by atoms with Gasteiger partial charge in [0.15, 0.2) is 5.96 Å². The molecule has 0 saturated heterocycles. The Hall–Kier alpha value is -11.6. The first-order valence-corrected chi connectivity index (χ1v) is 46.7. The molecular weight excluding hydrogens is 1720 g/mol. The number of aliphatic carboxylic acids is 1. The number of carbonyl (C=O) groups excluding carboxylic acids is 17. The molecular formula is C90H155N23O20. The summed E-state index contributed by atoms with van der Waals surface area (Å²) in [4.78, 5) is 256. The molecule has 17 amide bonds. The van der Waals surface area contributed by atoms with Gasteiger partial charge in [0.1, 0.15) is 78.5 Å². The second kappa shape index (κ2) is 62.7. The van der Waals surface area contributed by atoms with E-state index in [0.29, 0.717) is 42.1 Å². The van der Waals surface area contributed by atoms with E-state index in [2.05, 4.69) is 91.3 Å². The number of primary amides is 3. The number of rotatable bonds is 69. The summed E-state index contributed by atoms with van der Waals surface area (Å²) in [6, 6.07) is -13.4. The lowest BCUT2D eigenvalue weighted by Crippen LogP contribution is -2.62. The van der Waals surface area contributed by atoms with Crippen LogP contribution < -0.4 is 115 Å². The predicted octanol–water partition coefficient (Wildman–Crippen LogP) is -0.928. The standard InChI is InChI=1S/C90H155N23O20/c1-14-17-18-19-20-21-22-23-24-25-32-58(92)77(120)103-63(37-40-69(94)116)81(124)108-66(45-50(6)7)85(128)113-75(55(13)114)88(131)111-72(51(8)9)86(129)109-67(46-56-47-99-59-33-27-26-31-57(56)59)78(121)100-48-71(118)110-73(52(10)15-2)87(130)106-60(34-28-29-42-91)80(123)104-64(38-41-70(95)117)82(125)107-65(44-49(4)5)84(127)105-62(36-39-68(93)115)79(122)101-54(12)76(119)102-61(35-30-43-98-90(96)97)83(126)112-74(89(132)133)53(11)16-3/h26-27,31,33,47,49-55,58,60-67,72-75,99,114H,14-25,28-30,32,34-46,48,91-92H2,1-13H3,(H2,93,115)(H2,94,116)(H2,95,117)(H,100,121)(H,101,122)(H,102,119)(H,103,120)(H,104,123)(H,105,127)(H,106,130)(H,107,125)(H,108,124)(H,109,129)(H,110,118)(H,111,131)(H,112,126)(H,113,128)(H,132,133)(H4,96,97,98)/t52-,53-,54-,55+,58-,60-,61-,62-,63-,64-,65-,66-,67-,72-,73-,74-,75-/m0/s1. The maximum absolute atomic E-state index is 14.7. The molecule has 0 unspecified atom stereocenters. The third-order valence-corrected chi connectivity index (χ3v) is 22.8. The summed E-state index contributed by atoms with van der Waals surface area (Å²) in [5, 5.41) is 57.7. The number of aliphatic hydroxyl groups excluding tert-OH is 1. The number of nitrogens with zero attached hydrogens (tertiary/aromatic N) is 1. The molecule has 0 fully saturated rings. The molecule has 0 aliphatic rings. The summed E-state index contributed by atoms with van der Waals surface area (Å²) in [6.07, 6.45) is 9.21. The molecule has 2 aromatic rings. The van der Waals surface area contributed by atoms with Gasteiger partial charge in [0, 0.05) is 49.3 Å². The quantitative estimate of drug-likeness (QED) is 0.0216. The summed E-state index contributed by atoms with van der Waals surface area (Å²) in [7, 11) is 0. The fraction of sp³-hybridized carbons (Fsp3) is 0.700. The number of nitrogens with two attached hydrogens (primary N) is 7. The average molecular weight is 1880 g/mol. The van der Waals surface area contributed by atoms with Crippen molar-refractivity contribution in [1.82, 2.24) is 79.4 Å². The smallest absolute Gasteiger partial charge is 0.326 e. The number of aromatic amines is 1. The summed E-state index contributed by atoms with van der Waals surface area (Å²) in [5.41, 5.74) is 40.8. The maximum Gasteiger partial charge on any atom is 0.326 e. The van der Waals surface area contributed by atoms with E-state index >= 15 is 0 Å². The highest BCUT2D eigenvalue weighted by atomic mass is 16.4. The normalized spacial score (nSPS) is 15.2. The number of para-hydroxylation sites is 1. The van der Waals surface area contributed by atoms with Crippen LogP contribution in [0.25, 0.3) is 10.9 Å². The summed E-state index contributed by atoms with van der Waals surface area (Å²) in [5.74, 6) is -19.8. The second-order valence-corrected chi connectivity index (χ2v) is 35.7. The second-order valence-electron chi connectivity index (χ2n) is 35.7. The van der Waals surface area contributed by atoms with E-state index in [9.17, 15) is 96.5 Å². The molecule has 1 heterocycles. The summed E-state index contributed by atoms with van der Waals surface area (Å²) in [6.45, 7) is 20.7. The van der Waals surface area contributed by atoms with E-state index in [1.54, 1.807) is 99.7 Å². The SMILES string of the molecule is CCCCCCCCCCCC[C@H](N)C(=O)N[C@@H](CCC(N)=O)C(=O)N[C@@H](CC(C)C)C(=O)N[C@H](C(=O)N[C@H](C(=O)N[C@@H](Cc1c[nH]c2ccccc12)C(=O)NCC(=O)N[C@H](C(=O)N[C@@H](CCCCN)C(=O)N[C@@H](CCC(N)=O)C(=O)N[C@@H](CC(C)C)C(=O)N[C@@H](CCC(N)=O)C(=O)N[C@@H](C)C(=O)N[C@@H](CCCN=C(N)N)C(=O)N[C@H](C(=O)O)[C@@H](C)CC)[C@@H](C)CC)C(C)C)[C@@H](C)O. The van der Waals surface area contributed by atoms with Gasteiger partial charge >= 0.3 is 5.97 Å². The van der Waals surface area contributed by atoms with Crippen molar-refractivity contribution in [3.8, 4) is 0 Å². The van der Waals surface area contributed by atoms with Gasteiger partial charge in [0.25, 0.3) is 0 Å². The Morgan fingerprint density at radius 3 is 1.26 bits per heavy atom. The number of H-pyrrole nitrogens is 1. The van der Waals surface area contributed by atoms with Gasteiger partial charge in [0.2, 0.25) is 100 Å². The molecule has 43 heteroatoms. The van der Waals surface area contributed by atoms with Crippen LogP contribution in [0.3, 0.4) is 0 Å². The van der Waals surface area contributed by atoms with Crippen molar-refractivity contribution in [1.29, 1.82) is 0 Å². The van der Waals surface area contributed by atoms with E-state index in [4.69, 9.17) is 40.1 Å². The minimum absolute atomic E-state index is 0.0218. The largest absolute Gasteiger partial charge is 0.480 e. The van der Waals surface area contributed by atoms with Crippen LogP contribution in [-0.2, 0) is 92.7 Å². The Bertz CT molecular complexity index is 4140. The molecule has 31 N–H and O–H groups in total. The number of nitrogens with one attached hydrogen (secondary N) is 15. The van der Waals surface area contributed by atoms with Crippen molar-refractivity contribution >= 4 is 123 Å². The number of carboxylic acid groups (broad SMARTS) is 1. The third kappa shape index (κ3) is 45.6. The molecule has 0 radical (unpaired) electrons. The molecule has 1 aromatic heterocycles. The molecule has 2 rings (SSSR count). The number of fused-ring (bicyclic) bond motifs is 1. The number of aromatic nitrogens is 1. The lowest BCUT2D eigenvalue weighted by atomic mass is 9.97. The first-order valence-electron chi connectivity index (χ1n) is 46.7. The van der Waals surface area contributed by atoms with E-state index in [0.717, 1.165) is 25.7 Å². The number of guanidine groups is 1. The number of carbonyl (C=O) groups is 18. The number of unbranched alkanes of at least 4 members (excludes halogenated alkanes) is 10. The molecule has 0 aliphatic heterocycles. The van der Waals surface area contributed by atoms with Crippen LogP contribution in [0.15, 0.2) is 35.5 Å². The van der Waals surface area contributed by atoms with Gasteiger partial charge in [-0.1, -0.05) is 171 Å². The van der Waals surface area contributed by atoms with Crippen molar-refractivity contribution in [2.75, 3.05) is 19.6 Å². The summed E-state index contributed by atoms with van der Waals surface area (Å²) < 4.78 is 0. The fourth-order valence-corrected chi connectivity index (χ4v) is 14.5. The number of aliphatic hydroxyl groups is 1. The van der Waals surface area contributed by atoms with E-state index in [-0.39, 0.29) is 95.1 Å². The number of aliphatic imine (C=N–C) groups is 1. The van der Waals surface area contributed by atoms with Gasteiger partial charge in [-0.05, 0) is 132 Å². The van der Waals surface area contributed by atoms with Crippen LogP contribution in [0, 0.1) is 29.6 Å². The molecule has 1 aromatic carbocycles. The number of hydrogen-bond donors (Lipinski definition) is 24. The zero-order valence-electron chi connectivity index (χ0n) is 79.9. The van der Waals surface area contributed by atoms with Crippen LogP contribution in [0.4, 0.5) is 0 Å². The zero-order chi connectivity index (χ0) is 100. The molecule has 0 saturated carbocycles. The van der Waals surface area contributed by atoms with Crippen LogP contribution in [-0.4, -0.2) is 238 Å². The number of carboxylic acids is 1. The topological polar surface area (TPSA) is 726 Å². The summed E-state index contributed by atoms with van der Waals surface area (Å²) >= 11 is 0. The molecule has 0 aliphatic carbocycles. The zero-order valence-corrected chi connectivity index (χ0v) is 79.9. The van der Waals surface area contributed by atoms with Gasteiger partial charge in [-0.3, -0.25) is 86.5 Å². The molecule has 0 spiro atoms. The van der Waals surface area contributed by atoms with Gasteiger partial charge in [-0.15, -0.1) is 0 Å². The highest BCUT2D eigenvalue weighted by Gasteiger charge is 2.40. The molecule has 0 bridgehead atoms. The van der Waals surface area contributed by atoms with Crippen molar-refractivity contribution < 1.29 is 96.5 Å². The van der Waals surface area contributed by atoms with Crippen molar-refractivity contribution in [3.05, 3.63) is 36.0 Å². The number of amides is 17. The van der Waals surface area contributed by atoms with Crippen molar-refractivity contribution in [2.45, 2.75) is 354 Å². The van der Waals surface area contributed by atoms with Crippen LogP contribution in [0.1, 0.15) is 263 Å². The van der Waals surface area contributed by atoms with E-state index in [1.807, 2.05) is 0 Å². The predicted molar refractivity (Wildman–Crippen MR) is 500 cm³/mol.